The Labute approximate surface area is 220 Å². The summed E-state index contributed by atoms with van der Waals surface area (Å²) < 4.78 is 14.0. The second-order valence-corrected chi connectivity index (χ2v) is 9.93. The highest BCUT2D eigenvalue weighted by atomic mass is 19.1. The average Bonchev–Trinajstić information content (AvgIpc) is 3.74. The number of amides is 2. The topological polar surface area (TPSA) is 124 Å². The predicted molar refractivity (Wildman–Crippen MR) is 142 cm³/mol. The van der Waals surface area contributed by atoms with Crippen LogP contribution in [-0.2, 0) is 11.3 Å². The van der Waals surface area contributed by atoms with Crippen molar-refractivity contribution in [3.8, 4) is 6.07 Å². The van der Waals surface area contributed by atoms with Crippen LogP contribution in [0.1, 0.15) is 53.1 Å². The molecule has 2 aromatic carbocycles. The monoisotopic (exact) mass is 512 g/mol. The van der Waals surface area contributed by atoms with Crippen molar-refractivity contribution in [1.29, 1.82) is 5.26 Å². The highest BCUT2D eigenvalue weighted by Gasteiger charge is 2.52. The van der Waals surface area contributed by atoms with E-state index in [-0.39, 0.29) is 23.8 Å². The Morgan fingerprint density at radius 2 is 1.84 bits per heavy atom. The van der Waals surface area contributed by atoms with Crippen LogP contribution in [0, 0.1) is 22.6 Å². The van der Waals surface area contributed by atoms with Gasteiger partial charge in [0.1, 0.15) is 17.1 Å². The number of piperidine rings is 1. The van der Waals surface area contributed by atoms with Crippen LogP contribution in [-0.4, -0.2) is 34.8 Å². The normalized spacial score (nSPS) is 16.4. The fourth-order valence-electron chi connectivity index (χ4n) is 4.90. The lowest BCUT2D eigenvalue weighted by Crippen LogP contribution is -2.41. The number of nitrogens with two attached hydrogens (primary N) is 1. The van der Waals surface area contributed by atoms with Gasteiger partial charge in [0, 0.05) is 43.1 Å². The molecule has 1 aliphatic heterocycles. The van der Waals surface area contributed by atoms with Gasteiger partial charge in [0.2, 0.25) is 5.91 Å². The summed E-state index contributed by atoms with van der Waals surface area (Å²) in [6.07, 6.45) is 4.50. The molecule has 38 heavy (non-hydrogen) atoms. The van der Waals surface area contributed by atoms with Crippen molar-refractivity contribution in [1.82, 2.24) is 9.88 Å². The third kappa shape index (κ3) is 5.30. The molecule has 2 fully saturated rings. The molecule has 0 bridgehead atoms. The van der Waals surface area contributed by atoms with Gasteiger partial charge in [-0.15, -0.1) is 0 Å². The summed E-state index contributed by atoms with van der Waals surface area (Å²) in [5.41, 5.74) is 7.93. The van der Waals surface area contributed by atoms with E-state index in [1.54, 1.807) is 24.3 Å². The van der Waals surface area contributed by atoms with Gasteiger partial charge in [0.25, 0.3) is 5.91 Å². The second kappa shape index (κ2) is 10.5. The zero-order valence-corrected chi connectivity index (χ0v) is 20.9. The molecule has 0 radical (unpaired) electrons. The van der Waals surface area contributed by atoms with E-state index in [0.29, 0.717) is 48.9 Å². The lowest BCUT2D eigenvalue weighted by atomic mass is 9.88. The number of nitriles is 1. The van der Waals surface area contributed by atoms with Gasteiger partial charge in [-0.3, -0.25) is 9.59 Å². The fraction of sp³-hybridized carbons (Fsp3) is 0.310. The van der Waals surface area contributed by atoms with Gasteiger partial charge in [-0.2, -0.15) is 5.26 Å². The largest absolute Gasteiger partial charge is 0.380 e. The number of primary amides is 1. The Morgan fingerprint density at radius 1 is 1.13 bits per heavy atom. The van der Waals surface area contributed by atoms with Crippen LogP contribution in [0.5, 0.6) is 0 Å². The SMILES string of the molecule is N#CC1(C(=O)N2CCC(c3ccc(Nc4cc(NCc5ccccc5F)c(C(N)=O)cn4)cc3)CC2)CC1. The van der Waals surface area contributed by atoms with E-state index < -0.39 is 11.3 Å². The minimum atomic E-state index is -0.753. The van der Waals surface area contributed by atoms with Crippen molar-refractivity contribution in [2.24, 2.45) is 11.1 Å². The van der Waals surface area contributed by atoms with Gasteiger partial charge in [0.05, 0.1) is 17.3 Å². The van der Waals surface area contributed by atoms with Crippen LogP contribution >= 0.6 is 0 Å². The lowest BCUT2D eigenvalue weighted by Gasteiger charge is -2.33. The van der Waals surface area contributed by atoms with Crippen LogP contribution < -0.4 is 16.4 Å². The third-order valence-electron chi connectivity index (χ3n) is 7.41. The molecule has 8 nitrogen and oxygen atoms in total. The minimum Gasteiger partial charge on any atom is -0.380 e. The number of carbonyl (C=O) groups excluding carboxylic acids is 2. The van der Waals surface area contributed by atoms with Crippen molar-refractivity contribution >= 4 is 29.0 Å². The number of rotatable bonds is 8. The third-order valence-corrected chi connectivity index (χ3v) is 7.41. The Hall–Kier alpha value is -4.45. The number of carbonyl (C=O) groups is 2. The molecule has 2 heterocycles. The van der Waals surface area contributed by atoms with E-state index in [1.807, 2.05) is 17.0 Å². The zero-order chi connectivity index (χ0) is 26.7. The van der Waals surface area contributed by atoms with E-state index in [4.69, 9.17) is 5.73 Å². The number of hydrogen-bond donors (Lipinski definition) is 3. The maximum Gasteiger partial charge on any atom is 0.252 e. The Balaban J connectivity index is 1.21. The van der Waals surface area contributed by atoms with Crippen molar-refractivity contribution in [3.05, 3.63) is 83.3 Å². The predicted octanol–water partition coefficient (Wildman–Crippen LogP) is 4.69. The molecule has 5 rings (SSSR count). The number of aromatic nitrogens is 1. The molecule has 1 aromatic heterocycles. The Kier molecular flexibility index (Phi) is 6.97. The smallest absolute Gasteiger partial charge is 0.252 e. The summed E-state index contributed by atoms with van der Waals surface area (Å²) in [5.74, 6) is -0.100. The molecular formula is C29H29FN6O2. The first-order valence-electron chi connectivity index (χ1n) is 12.7. The maximum atomic E-state index is 14.0. The highest BCUT2D eigenvalue weighted by Crippen LogP contribution is 2.47. The molecule has 2 aliphatic rings. The van der Waals surface area contributed by atoms with E-state index in [9.17, 15) is 19.2 Å². The summed E-state index contributed by atoms with van der Waals surface area (Å²) in [6, 6.07) is 18.4. The van der Waals surface area contributed by atoms with E-state index in [2.05, 4.69) is 33.8 Å². The number of nitrogens with zero attached hydrogens (tertiary/aromatic N) is 3. The quantitative estimate of drug-likeness (QED) is 0.402. The number of nitrogens with one attached hydrogen (secondary N) is 2. The van der Waals surface area contributed by atoms with Crippen molar-refractivity contribution < 1.29 is 14.0 Å². The summed E-state index contributed by atoms with van der Waals surface area (Å²) >= 11 is 0. The van der Waals surface area contributed by atoms with Crippen molar-refractivity contribution in [3.63, 3.8) is 0 Å². The molecule has 194 valence electrons. The van der Waals surface area contributed by atoms with E-state index in [1.165, 1.54) is 17.8 Å². The number of halogens is 1. The summed E-state index contributed by atoms with van der Waals surface area (Å²) in [5, 5.41) is 15.6. The number of benzene rings is 2. The number of pyridine rings is 1. The molecule has 0 spiro atoms. The molecule has 2 amide bonds. The number of anilines is 3. The molecule has 1 saturated heterocycles. The summed E-state index contributed by atoms with van der Waals surface area (Å²) in [6.45, 7) is 1.53. The molecule has 4 N–H and O–H groups in total. The highest BCUT2D eigenvalue weighted by molar-refractivity contribution is 5.98. The first-order chi connectivity index (χ1) is 18.4. The lowest BCUT2D eigenvalue weighted by molar-refractivity contribution is -0.136. The van der Waals surface area contributed by atoms with Crippen LogP contribution in [0.25, 0.3) is 0 Å². The van der Waals surface area contributed by atoms with Crippen LogP contribution in [0.2, 0.25) is 0 Å². The molecule has 0 atom stereocenters. The van der Waals surface area contributed by atoms with Gasteiger partial charge in [-0.1, -0.05) is 30.3 Å². The molecule has 1 aliphatic carbocycles. The Morgan fingerprint density at radius 3 is 2.47 bits per heavy atom. The first-order valence-corrected chi connectivity index (χ1v) is 12.7. The number of likely N-dealkylation sites (tertiary alicyclic amines) is 1. The maximum absolute atomic E-state index is 14.0. The Bertz CT molecular complexity index is 1390. The van der Waals surface area contributed by atoms with Crippen molar-refractivity contribution in [2.75, 3.05) is 23.7 Å². The van der Waals surface area contributed by atoms with E-state index in [0.717, 1.165) is 18.5 Å². The van der Waals surface area contributed by atoms with Crippen molar-refractivity contribution in [2.45, 2.75) is 38.1 Å². The molecule has 0 unspecified atom stereocenters. The minimum absolute atomic E-state index is 0.00406. The number of hydrogen-bond acceptors (Lipinski definition) is 6. The zero-order valence-electron chi connectivity index (χ0n) is 20.9. The van der Waals surface area contributed by atoms with Crippen LogP contribution in [0.4, 0.5) is 21.6 Å². The van der Waals surface area contributed by atoms with Gasteiger partial charge >= 0.3 is 0 Å². The van der Waals surface area contributed by atoms with Gasteiger partial charge in [0.15, 0.2) is 0 Å². The van der Waals surface area contributed by atoms with Gasteiger partial charge in [-0.05, 0) is 55.4 Å². The second-order valence-electron chi connectivity index (χ2n) is 9.93. The van der Waals surface area contributed by atoms with Crippen LogP contribution in [0.3, 0.4) is 0 Å². The standard InChI is InChI=1S/C29H29FN6O2/c30-24-4-2-1-3-21(24)16-33-25-15-26(34-17-23(25)27(32)37)35-22-7-5-19(6-8-22)20-9-13-36(14-10-20)28(38)29(18-31)11-12-29/h1-8,15,17,20H,9-14,16H2,(H2,32,37)(H2,33,34,35). The molecule has 1 saturated carbocycles. The van der Waals surface area contributed by atoms with E-state index >= 15 is 0 Å². The van der Waals surface area contributed by atoms with Gasteiger partial charge in [-0.25, -0.2) is 9.37 Å². The van der Waals surface area contributed by atoms with Crippen LogP contribution in [0.15, 0.2) is 60.8 Å². The average molecular weight is 513 g/mol. The summed E-state index contributed by atoms with van der Waals surface area (Å²) in [7, 11) is 0. The van der Waals surface area contributed by atoms with Gasteiger partial charge < -0.3 is 21.3 Å². The molecule has 3 aromatic rings. The molecular weight excluding hydrogens is 483 g/mol. The summed E-state index contributed by atoms with van der Waals surface area (Å²) in [4.78, 5) is 30.7. The first kappa shape index (κ1) is 25.2. The molecule has 9 heteroatoms. The fourth-order valence-corrected chi connectivity index (χ4v) is 4.90.